The predicted molar refractivity (Wildman–Crippen MR) is 108 cm³/mol. The maximum absolute atomic E-state index is 12.3. The number of benzene rings is 2. The third-order valence-electron chi connectivity index (χ3n) is 3.76. The van der Waals surface area contributed by atoms with E-state index in [-0.39, 0.29) is 22.8 Å². The zero-order valence-corrected chi connectivity index (χ0v) is 15.8. The summed E-state index contributed by atoms with van der Waals surface area (Å²) in [5, 5.41) is 31.4. The SMILES string of the molecule is O=C(O)/C(=C\c1ccc(-c2ccccc2Cl)s1)NC(=O)c1cc(O)ccc1O. The van der Waals surface area contributed by atoms with Gasteiger partial charge >= 0.3 is 5.97 Å². The summed E-state index contributed by atoms with van der Waals surface area (Å²) in [6.07, 6.45) is 1.31. The minimum Gasteiger partial charge on any atom is -0.508 e. The molecule has 28 heavy (non-hydrogen) atoms. The molecule has 8 heteroatoms. The zero-order chi connectivity index (χ0) is 20.3. The highest BCUT2D eigenvalue weighted by Crippen LogP contribution is 2.34. The fraction of sp³-hybridized carbons (Fsp3) is 0. The monoisotopic (exact) mass is 415 g/mol. The fourth-order valence-corrected chi connectivity index (χ4v) is 3.71. The van der Waals surface area contributed by atoms with Crippen molar-refractivity contribution in [2.45, 2.75) is 0 Å². The first-order chi connectivity index (χ1) is 13.3. The van der Waals surface area contributed by atoms with E-state index >= 15 is 0 Å². The number of thiophene rings is 1. The lowest BCUT2D eigenvalue weighted by molar-refractivity contribution is -0.132. The molecule has 0 saturated heterocycles. The average molecular weight is 416 g/mol. The van der Waals surface area contributed by atoms with Gasteiger partial charge in [0.05, 0.1) is 5.56 Å². The van der Waals surface area contributed by atoms with Crippen LogP contribution in [0.2, 0.25) is 5.02 Å². The normalized spacial score (nSPS) is 11.2. The van der Waals surface area contributed by atoms with E-state index < -0.39 is 11.9 Å². The number of hydrogen-bond acceptors (Lipinski definition) is 5. The van der Waals surface area contributed by atoms with Crippen molar-refractivity contribution in [1.82, 2.24) is 5.32 Å². The van der Waals surface area contributed by atoms with Gasteiger partial charge in [0.15, 0.2) is 0 Å². The van der Waals surface area contributed by atoms with Crippen LogP contribution in [0.4, 0.5) is 0 Å². The van der Waals surface area contributed by atoms with Crippen LogP contribution in [0.25, 0.3) is 16.5 Å². The summed E-state index contributed by atoms with van der Waals surface area (Å²) in [6, 6.07) is 14.2. The molecule has 6 nitrogen and oxygen atoms in total. The van der Waals surface area contributed by atoms with E-state index in [4.69, 9.17) is 11.6 Å². The van der Waals surface area contributed by atoms with Crippen LogP contribution >= 0.6 is 22.9 Å². The van der Waals surface area contributed by atoms with Gasteiger partial charge in [-0.05, 0) is 42.5 Å². The molecule has 0 spiro atoms. The smallest absolute Gasteiger partial charge is 0.352 e. The van der Waals surface area contributed by atoms with Crippen molar-refractivity contribution in [1.29, 1.82) is 0 Å². The fourth-order valence-electron chi connectivity index (χ4n) is 2.43. The van der Waals surface area contributed by atoms with Crippen molar-refractivity contribution in [3.8, 4) is 21.9 Å². The highest BCUT2D eigenvalue weighted by molar-refractivity contribution is 7.16. The summed E-state index contributed by atoms with van der Waals surface area (Å²) in [5.74, 6) is -2.81. The Morgan fingerprint density at radius 3 is 2.50 bits per heavy atom. The Balaban J connectivity index is 1.88. The van der Waals surface area contributed by atoms with E-state index in [9.17, 15) is 24.9 Å². The molecule has 0 bridgehead atoms. The van der Waals surface area contributed by atoms with Gasteiger partial charge in [-0.3, -0.25) is 4.79 Å². The number of nitrogens with one attached hydrogen (secondary N) is 1. The molecule has 1 heterocycles. The van der Waals surface area contributed by atoms with E-state index in [1.54, 1.807) is 18.2 Å². The Kier molecular flexibility index (Phi) is 5.67. The first-order valence-corrected chi connectivity index (χ1v) is 9.17. The minimum atomic E-state index is -1.35. The molecule has 2 aromatic carbocycles. The first kappa shape index (κ1) is 19.5. The van der Waals surface area contributed by atoms with E-state index in [2.05, 4.69) is 5.32 Å². The molecule has 0 fully saturated rings. The van der Waals surface area contributed by atoms with Gasteiger partial charge in [-0.2, -0.15) is 0 Å². The molecule has 0 saturated carbocycles. The van der Waals surface area contributed by atoms with Gasteiger partial charge in [-0.1, -0.05) is 29.8 Å². The highest BCUT2D eigenvalue weighted by Gasteiger charge is 2.17. The van der Waals surface area contributed by atoms with Crippen LogP contribution in [-0.2, 0) is 4.79 Å². The number of phenols is 2. The van der Waals surface area contributed by atoms with Crippen molar-refractivity contribution in [2.75, 3.05) is 0 Å². The molecule has 1 aromatic heterocycles. The Bertz CT molecular complexity index is 1090. The van der Waals surface area contributed by atoms with Gasteiger partial charge < -0.3 is 20.6 Å². The lowest BCUT2D eigenvalue weighted by atomic mass is 10.1. The van der Waals surface area contributed by atoms with E-state index in [1.165, 1.54) is 23.5 Å². The maximum Gasteiger partial charge on any atom is 0.352 e. The van der Waals surface area contributed by atoms with Crippen LogP contribution < -0.4 is 5.32 Å². The molecule has 0 aliphatic carbocycles. The summed E-state index contributed by atoms with van der Waals surface area (Å²) in [4.78, 5) is 25.3. The van der Waals surface area contributed by atoms with Crippen LogP contribution in [0.3, 0.4) is 0 Å². The van der Waals surface area contributed by atoms with Crippen LogP contribution in [0.1, 0.15) is 15.2 Å². The number of amides is 1. The second-order valence-corrected chi connectivity index (χ2v) is 7.22. The van der Waals surface area contributed by atoms with E-state index in [1.807, 2.05) is 18.2 Å². The van der Waals surface area contributed by atoms with Crippen molar-refractivity contribution < 1.29 is 24.9 Å². The number of carboxylic acid groups (broad SMARTS) is 1. The minimum absolute atomic E-state index is 0.230. The third kappa shape index (κ3) is 4.33. The number of carboxylic acids is 1. The van der Waals surface area contributed by atoms with E-state index in [0.717, 1.165) is 22.6 Å². The zero-order valence-electron chi connectivity index (χ0n) is 14.2. The van der Waals surface area contributed by atoms with Gasteiger partial charge in [0.2, 0.25) is 0 Å². The number of aliphatic carboxylic acids is 1. The Hall–Kier alpha value is -3.29. The van der Waals surface area contributed by atoms with Gasteiger partial charge in [0.1, 0.15) is 17.2 Å². The van der Waals surface area contributed by atoms with Gasteiger partial charge in [-0.25, -0.2) is 4.79 Å². The largest absolute Gasteiger partial charge is 0.508 e. The molecule has 142 valence electrons. The number of hydrogen-bond donors (Lipinski definition) is 4. The summed E-state index contributed by atoms with van der Waals surface area (Å²) < 4.78 is 0. The van der Waals surface area contributed by atoms with Gasteiger partial charge in [0, 0.05) is 20.3 Å². The second kappa shape index (κ2) is 8.16. The number of phenolic OH excluding ortho intramolecular Hbond substituents is 2. The van der Waals surface area contributed by atoms with Gasteiger partial charge in [0.25, 0.3) is 5.91 Å². The summed E-state index contributed by atoms with van der Waals surface area (Å²) >= 11 is 7.49. The Labute approximate surface area is 169 Å². The Morgan fingerprint density at radius 2 is 1.79 bits per heavy atom. The van der Waals surface area contributed by atoms with Crippen molar-refractivity contribution >= 4 is 40.9 Å². The number of rotatable bonds is 5. The predicted octanol–water partition coefficient (Wildman–Crippen LogP) is 4.34. The highest BCUT2D eigenvalue weighted by atomic mass is 35.5. The lowest BCUT2D eigenvalue weighted by Gasteiger charge is -2.07. The number of carbonyl (C=O) groups is 2. The van der Waals surface area contributed by atoms with Crippen molar-refractivity contribution in [3.63, 3.8) is 0 Å². The molecular formula is C20H14ClNO5S. The van der Waals surface area contributed by atoms with Crippen LogP contribution in [0.5, 0.6) is 11.5 Å². The summed E-state index contributed by atoms with van der Waals surface area (Å²) in [6.45, 7) is 0. The van der Waals surface area contributed by atoms with Crippen molar-refractivity contribution in [2.24, 2.45) is 0 Å². The second-order valence-electron chi connectivity index (χ2n) is 5.70. The molecule has 0 atom stereocenters. The van der Waals surface area contributed by atoms with Crippen LogP contribution in [0.15, 0.2) is 60.3 Å². The molecule has 0 aliphatic rings. The topological polar surface area (TPSA) is 107 Å². The molecule has 0 aliphatic heterocycles. The molecule has 0 unspecified atom stereocenters. The van der Waals surface area contributed by atoms with E-state index in [0.29, 0.717) is 9.90 Å². The standard InChI is InChI=1S/C20H14ClNO5S/c21-15-4-2-1-3-13(15)18-8-6-12(28-18)10-16(20(26)27)22-19(25)14-9-11(23)5-7-17(14)24/h1-10,23-24H,(H,22,25)(H,26,27)/b16-10+. The molecule has 3 rings (SSSR count). The number of halogens is 1. The molecule has 4 N–H and O–H groups in total. The molecular weight excluding hydrogens is 402 g/mol. The summed E-state index contributed by atoms with van der Waals surface area (Å²) in [5.41, 5.74) is 0.204. The molecule has 1 amide bonds. The first-order valence-electron chi connectivity index (χ1n) is 7.98. The summed E-state index contributed by atoms with van der Waals surface area (Å²) in [7, 11) is 0. The number of carbonyl (C=O) groups excluding carboxylic acids is 1. The maximum atomic E-state index is 12.3. The van der Waals surface area contributed by atoms with Crippen LogP contribution in [0, 0.1) is 0 Å². The quantitative estimate of drug-likeness (QED) is 0.366. The number of aromatic hydroxyl groups is 2. The van der Waals surface area contributed by atoms with Gasteiger partial charge in [-0.15, -0.1) is 11.3 Å². The lowest BCUT2D eigenvalue weighted by Crippen LogP contribution is -2.27. The third-order valence-corrected chi connectivity index (χ3v) is 5.15. The average Bonchev–Trinajstić information content (AvgIpc) is 3.11. The molecule has 3 aromatic rings. The van der Waals surface area contributed by atoms with Crippen molar-refractivity contribution in [3.05, 3.63) is 75.8 Å². The Morgan fingerprint density at radius 1 is 1.04 bits per heavy atom. The molecule has 0 radical (unpaired) electrons. The van der Waals surface area contributed by atoms with Crippen LogP contribution in [-0.4, -0.2) is 27.2 Å².